The van der Waals surface area contributed by atoms with Crippen molar-refractivity contribution in [1.29, 1.82) is 0 Å². The van der Waals surface area contributed by atoms with Crippen LogP contribution in [-0.4, -0.2) is 46.4 Å². The van der Waals surface area contributed by atoms with Gasteiger partial charge in [-0.25, -0.2) is 9.78 Å². The molecule has 0 radical (unpaired) electrons. The summed E-state index contributed by atoms with van der Waals surface area (Å²) in [5, 5.41) is 5.72. The standard InChI is InChI=1S/C21H22N4O3S/c1-3-17(19(26)24-21-22-9-11-29-21)28-20(27)18-13-6-4-5-7-15(13)23-16-8-10-25(2)12-14(16)18/h4-7,9,11,17H,3,8,10,12H2,1-2H3,(H,22,24,26). The normalized spacial score (nSPS) is 15.0. The van der Waals surface area contributed by atoms with Crippen LogP contribution in [0.5, 0.6) is 0 Å². The summed E-state index contributed by atoms with van der Waals surface area (Å²) in [7, 11) is 2.02. The predicted molar refractivity (Wildman–Crippen MR) is 112 cm³/mol. The van der Waals surface area contributed by atoms with Crippen molar-refractivity contribution in [3.8, 4) is 0 Å². The number of hydrogen-bond acceptors (Lipinski definition) is 7. The highest BCUT2D eigenvalue weighted by molar-refractivity contribution is 7.13. The predicted octanol–water partition coefficient (Wildman–Crippen LogP) is 3.25. The molecule has 3 aromatic rings. The lowest BCUT2D eigenvalue weighted by Crippen LogP contribution is -2.34. The number of ether oxygens (including phenoxy) is 1. The van der Waals surface area contributed by atoms with Gasteiger partial charge in [0, 0.05) is 47.7 Å². The minimum atomic E-state index is -0.893. The maximum atomic E-state index is 13.3. The summed E-state index contributed by atoms with van der Waals surface area (Å²) >= 11 is 1.32. The van der Waals surface area contributed by atoms with E-state index < -0.39 is 12.1 Å². The van der Waals surface area contributed by atoms with E-state index >= 15 is 0 Å². The van der Waals surface area contributed by atoms with Gasteiger partial charge >= 0.3 is 5.97 Å². The summed E-state index contributed by atoms with van der Waals surface area (Å²) < 4.78 is 5.69. The molecule has 150 valence electrons. The van der Waals surface area contributed by atoms with Gasteiger partial charge in [-0.15, -0.1) is 11.3 Å². The molecule has 1 aromatic carbocycles. The van der Waals surface area contributed by atoms with Crippen LogP contribution in [-0.2, 0) is 22.5 Å². The van der Waals surface area contributed by atoms with Crippen molar-refractivity contribution in [3.63, 3.8) is 0 Å². The van der Waals surface area contributed by atoms with Crippen LogP contribution in [0.3, 0.4) is 0 Å². The van der Waals surface area contributed by atoms with Crippen molar-refractivity contribution in [3.05, 3.63) is 52.7 Å². The quantitative estimate of drug-likeness (QED) is 0.650. The SMILES string of the molecule is CCC(OC(=O)c1c2c(nc3ccccc13)CCN(C)C2)C(=O)Nc1nccs1. The van der Waals surface area contributed by atoms with Gasteiger partial charge in [0.1, 0.15) is 0 Å². The first kappa shape index (κ1) is 19.5. The first-order valence-corrected chi connectivity index (χ1v) is 10.4. The molecule has 4 rings (SSSR count). The van der Waals surface area contributed by atoms with Gasteiger partial charge in [0.25, 0.3) is 5.91 Å². The van der Waals surface area contributed by atoms with Crippen LogP contribution >= 0.6 is 11.3 Å². The third kappa shape index (κ3) is 3.99. The van der Waals surface area contributed by atoms with E-state index in [4.69, 9.17) is 9.72 Å². The third-order valence-corrected chi connectivity index (χ3v) is 5.70. The number of esters is 1. The molecule has 1 unspecified atom stereocenters. The minimum absolute atomic E-state index is 0.369. The summed E-state index contributed by atoms with van der Waals surface area (Å²) in [4.78, 5) is 36.8. The number of anilines is 1. The van der Waals surface area contributed by atoms with E-state index in [-0.39, 0.29) is 5.91 Å². The summed E-state index contributed by atoms with van der Waals surface area (Å²) in [6.45, 7) is 3.33. The summed E-state index contributed by atoms with van der Waals surface area (Å²) in [5.74, 6) is -0.864. The van der Waals surface area contributed by atoms with E-state index in [0.29, 0.717) is 23.7 Å². The molecule has 0 aliphatic carbocycles. The number of carbonyl (C=O) groups is 2. The summed E-state index contributed by atoms with van der Waals surface area (Å²) in [6.07, 6.45) is 1.86. The number of nitrogens with zero attached hydrogens (tertiary/aromatic N) is 3. The second-order valence-corrected chi connectivity index (χ2v) is 7.94. The van der Waals surface area contributed by atoms with Crippen molar-refractivity contribution in [2.45, 2.75) is 32.4 Å². The Labute approximate surface area is 172 Å². The maximum absolute atomic E-state index is 13.3. The van der Waals surface area contributed by atoms with Crippen molar-refractivity contribution < 1.29 is 14.3 Å². The molecule has 0 bridgehead atoms. The lowest BCUT2D eigenvalue weighted by atomic mass is 9.96. The number of aromatic nitrogens is 2. The number of likely N-dealkylation sites (N-methyl/N-ethyl adjacent to an activating group) is 1. The average molecular weight is 410 g/mol. The molecule has 0 saturated carbocycles. The zero-order chi connectivity index (χ0) is 20.4. The maximum Gasteiger partial charge on any atom is 0.340 e. The van der Waals surface area contributed by atoms with Crippen LogP contribution in [0.25, 0.3) is 10.9 Å². The Bertz CT molecular complexity index is 1050. The lowest BCUT2D eigenvalue weighted by molar-refractivity contribution is -0.124. The molecule has 1 N–H and O–H groups in total. The van der Waals surface area contributed by atoms with Crippen LogP contribution in [0.15, 0.2) is 35.8 Å². The van der Waals surface area contributed by atoms with E-state index in [1.807, 2.05) is 38.2 Å². The second-order valence-electron chi connectivity index (χ2n) is 7.05. The van der Waals surface area contributed by atoms with Gasteiger partial charge < -0.3 is 9.64 Å². The Morgan fingerprint density at radius 1 is 1.34 bits per heavy atom. The van der Waals surface area contributed by atoms with Gasteiger partial charge in [-0.2, -0.15) is 0 Å². The molecule has 3 heterocycles. The number of fused-ring (bicyclic) bond motifs is 2. The first-order chi connectivity index (χ1) is 14.1. The van der Waals surface area contributed by atoms with Crippen molar-refractivity contribution in [1.82, 2.24) is 14.9 Å². The largest absolute Gasteiger partial charge is 0.449 e. The molecule has 29 heavy (non-hydrogen) atoms. The highest BCUT2D eigenvalue weighted by atomic mass is 32.1. The van der Waals surface area contributed by atoms with Gasteiger partial charge in [-0.05, 0) is 19.5 Å². The van der Waals surface area contributed by atoms with Crippen LogP contribution in [0.2, 0.25) is 0 Å². The molecule has 0 saturated heterocycles. The van der Waals surface area contributed by atoms with Crippen molar-refractivity contribution in [2.75, 3.05) is 18.9 Å². The molecule has 0 spiro atoms. The van der Waals surface area contributed by atoms with Crippen molar-refractivity contribution in [2.24, 2.45) is 0 Å². The van der Waals surface area contributed by atoms with Gasteiger partial charge in [-0.3, -0.25) is 15.1 Å². The number of pyridine rings is 1. The smallest absolute Gasteiger partial charge is 0.340 e. The molecule has 2 aromatic heterocycles. The third-order valence-electron chi connectivity index (χ3n) is 5.02. The number of hydrogen-bond donors (Lipinski definition) is 1. The number of para-hydroxylation sites is 1. The Hall–Kier alpha value is -2.84. The Morgan fingerprint density at radius 3 is 2.93 bits per heavy atom. The van der Waals surface area contributed by atoms with Crippen LogP contribution in [0.1, 0.15) is 35.0 Å². The van der Waals surface area contributed by atoms with Gasteiger partial charge in [0.2, 0.25) is 0 Å². The fraction of sp³-hybridized carbons (Fsp3) is 0.333. The average Bonchev–Trinajstić information content (AvgIpc) is 3.23. The van der Waals surface area contributed by atoms with Gasteiger partial charge in [0.15, 0.2) is 11.2 Å². The van der Waals surface area contributed by atoms with Crippen LogP contribution in [0.4, 0.5) is 5.13 Å². The van der Waals surface area contributed by atoms with Crippen LogP contribution < -0.4 is 5.32 Å². The van der Waals surface area contributed by atoms with Gasteiger partial charge in [0.05, 0.1) is 11.1 Å². The van der Waals surface area contributed by atoms with Gasteiger partial charge in [-0.1, -0.05) is 25.1 Å². The zero-order valence-corrected chi connectivity index (χ0v) is 17.2. The molecule has 8 heteroatoms. The number of nitrogens with one attached hydrogen (secondary N) is 1. The highest BCUT2D eigenvalue weighted by Crippen LogP contribution is 2.29. The number of amides is 1. The molecule has 1 atom stereocenters. The summed E-state index contributed by atoms with van der Waals surface area (Å²) in [6, 6.07) is 7.57. The number of rotatable bonds is 5. The van der Waals surface area contributed by atoms with E-state index in [9.17, 15) is 9.59 Å². The van der Waals surface area contributed by atoms with E-state index in [1.54, 1.807) is 11.6 Å². The Morgan fingerprint density at radius 2 is 2.17 bits per heavy atom. The molecular weight excluding hydrogens is 388 g/mol. The first-order valence-electron chi connectivity index (χ1n) is 9.57. The molecule has 1 aliphatic heterocycles. The van der Waals surface area contributed by atoms with E-state index in [0.717, 1.165) is 35.1 Å². The highest BCUT2D eigenvalue weighted by Gasteiger charge is 2.29. The topological polar surface area (TPSA) is 84.4 Å². The summed E-state index contributed by atoms with van der Waals surface area (Å²) in [5.41, 5.74) is 3.09. The number of thiazole rings is 1. The molecule has 0 fully saturated rings. The minimum Gasteiger partial charge on any atom is -0.449 e. The fourth-order valence-corrected chi connectivity index (χ4v) is 4.07. The Kier molecular flexibility index (Phi) is 5.55. The zero-order valence-electron chi connectivity index (χ0n) is 16.3. The lowest BCUT2D eigenvalue weighted by Gasteiger charge is -2.27. The fourth-order valence-electron chi connectivity index (χ4n) is 3.54. The number of benzene rings is 1. The second kappa shape index (κ2) is 8.26. The Balaban J connectivity index is 1.67. The van der Waals surface area contributed by atoms with Crippen molar-refractivity contribution >= 4 is 39.2 Å². The van der Waals surface area contributed by atoms with Crippen LogP contribution in [0, 0.1) is 0 Å². The molecule has 7 nitrogen and oxygen atoms in total. The monoisotopic (exact) mass is 410 g/mol. The molecule has 1 amide bonds. The molecule has 1 aliphatic rings. The number of carbonyl (C=O) groups excluding carboxylic acids is 2. The molecular formula is C21H22N4O3S. The van der Waals surface area contributed by atoms with E-state index in [1.165, 1.54) is 11.3 Å². The van der Waals surface area contributed by atoms with E-state index in [2.05, 4.69) is 15.2 Å².